The summed E-state index contributed by atoms with van der Waals surface area (Å²) in [6.07, 6.45) is 3.69. The molecule has 0 amide bonds. The molecule has 0 aliphatic rings. The normalized spacial score (nSPS) is 10.4. The number of hydrogen-bond acceptors (Lipinski definition) is 14. The predicted octanol–water partition coefficient (Wildman–Crippen LogP) is 10.1. The number of methoxy groups -OCH3 is 2. The Hall–Kier alpha value is -4.81. The second-order valence-electron chi connectivity index (χ2n) is 16.8. The molecule has 89 heavy (non-hydrogen) atoms. The molecule has 2 N–H and O–H groups in total. The molecular weight excluding hydrogens is 1410 g/mol. The topological polar surface area (TPSA) is 231 Å². The first-order chi connectivity index (χ1) is 39.6. The fourth-order valence-corrected chi connectivity index (χ4v) is 8.75. The number of aromatic nitrogens is 6. The van der Waals surface area contributed by atoms with E-state index in [4.69, 9.17) is 35.9 Å². The molecule has 0 radical (unpaired) electrons. The molecule has 9 rings (SSSR count). The summed E-state index contributed by atoms with van der Waals surface area (Å²) in [5, 5.41) is 41.6. The summed E-state index contributed by atoms with van der Waals surface area (Å²) in [6.45, 7) is 8.20. The van der Waals surface area contributed by atoms with Crippen LogP contribution in [-0.4, -0.2) is 78.2 Å². The first-order valence-electron chi connectivity index (χ1n) is 25.0. The Kier molecular flexibility index (Phi) is 46.8. The zero-order valence-electron chi connectivity index (χ0n) is 47.9. The van der Waals surface area contributed by atoms with Crippen LogP contribution in [0, 0.1) is 0 Å². The average Bonchev–Trinajstić information content (AvgIpc) is 3.19. The van der Waals surface area contributed by atoms with Gasteiger partial charge in [-0.15, -0.1) is 0 Å². The predicted molar refractivity (Wildman–Crippen MR) is 353 cm³/mol. The minimum atomic E-state index is -1.09. The third-order valence-corrected chi connectivity index (χ3v) is 13.6. The molecule has 0 saturated carbocycles. The van der Waals surface area contributed by atoms with Gasteiger partial charge in [-0.05, 0) is 99.1 Å². The van der Waals surface area contributed by atoms with Crippen LogP contribution < -0.4 is 118 Å². The molecule has 0 saturated heterocycles. The zero-order valence-corrected chi connectivity index (χ0v) is 58.7. The maximum atomic E-state index is 12.3. The van der Waals surface area contributed by atoms with Gasteiger partial charge < -0.3 is 40.7 Å². The number of alkyl halides is 1. The van der Waals surface area contributed by atoms with E-state index >= 15 is 0 Å². The van der Waals surface area contributed by atoms with E-state index in [1.54, 1.807) is 60.7 Å². The number of hydrogen-bond donors (Lipinski definition) is 2. The van der Waals surface area contributed by atoms with Gasteiger partial charge in [0.2, 0.25) is 12.2 Å². The third-order valence-electron chi connectivity index (χ3n) is 11.4. The number of carboxylic acid groups (broad SMARTS) is 1. The van der Waals surface area contributed by atoms with Crippen molar-refractivity contribution in [2.24, 2.45) is 0 Å². The number of carbonyl (C=O) groups excluding carboxylic acids is 3. The van der Waals surface area contributed by atoms with E-state index in [0.29, 0.717) is 27.6 Å². The van der Waals surface area contributed by atoms with Crippen LogP contribution in [0.15, 0.2) is 191 Å². The number of ether oxygens (including phenoxy) is 4. The largest absolute Gasteiger partial charge is 1.00 e. The van der Waals surface area contributed by atoms with Gasteiger partial charge >= 0.3 is 121 Å². The van der Waals surface area contributed by atoms with Crippen LogP contribution in [0.3, 0.4) is 0 Å². The number of esters is 2. The Labute approximate surface area is 640 Å². The number of phenols is 1. The number of rotatable bonds is 17. The fourth-order valence-electron chi connectivity index (χ4n) is 7.36. The summed E-state index contributed by atoms with van der Waals surface area (Å²) < 4.78 is 28.7. The number of carboxylic acids is 1. The Balaban J connectivity index is -0.000000540. The van der Waals surface area contributed by atoms with E-state index in [1.807, 2.05) is 157 Å². The van der Waals surface area contributed by atoms with Crippen LogP contribution in [0.25, 0.3) is 33.8 Å². The molecule has 3 unspecified atom stereocenters. The number of benzene rings is 6. The van der Waals surface area contributed by atoms with Crippen molar-refractivity contribution in [2.45, 2.75) is 94.6 Å². The molecule has 3 atom stereocenters. The van der Waals surface area contributed by atoms with Crippen LogP contribution in [0.4, 0.5) is 0 Å². The molecule has 0 fully saturated rings. The Bertz CT molecular complexity index is 3460. The zero-order chi connectivity index (χ0) is 59.6. The van der Waals surface area contributed by atoms with Crippen molar-refractivity contribution < 1.29 is 163 Å². The molecule has 0 spiro atoms. The van der Waals surface area contributed by atoms with Crippen LogP contribution in [-0.2, 0) is 53.2 Å². The van der Waals surface area contributed by atoms with Gasteiger partial charge in [-0.3, -0.25) is 23.6 Å². The Morgan fingerprint density at radius 1 is 0.562 bits per heavy atom. The molecule has 0 aliphatic carbocycles. The molecule has 18 nitrogen and oxygen atoms in total. The number of phenolic OH excluding ortho intramolecular Hbond substituents is 1. The first kappa shape index (κ1) is 88.4. The first-order valence-corrected chi connectivity index (χ1v) is 27.9. The minimum absolute atomic E-state index is 0. The van der Waals surface area contributed by atoms with Crippen LogP contribution in [0.5, 0.6) is 17.2 Å². The minimum Gasteiger partial charge on any atom is -1.00 e. The summed E-state index contributed by atoms with van der Waals surface area (Å²) >= 11 is 16.2. The maximum absolute atomic E-state index is 12.3. The van der Waals surface area contributed by atoms with E-state index in [0.717, 1.165) is 67.9 Å². The van der Waals surface area contributed by atoms with Crippen molar-refractivity contribution in [2.75, 3.05) is 14.2 Å². The van der Waals surface area contributed by atoms with Gasteiger partial charge in [-0.25, -0.2) is 9.59 Å². The van der Waals surface area contributed by atoms with Gasteiger partial charge in [0, 0.05) is 80.0 Å². The van der Waals surface area contributed by atoms with E-state index in [2.05, 4.69) is 72.7 Å². The maximum Gasteiger partial charge on any atom is 1.00 e. The quantitative estimate of drug-likeness (QED) is 0.0216. The van der Waals surface area contributed by atoms with Crippen molar-refractivity contribution in [3.8, 4) is 51.0 Å². The second kappa shape index (κ2) is 47.1. The summed E-state index contributed by atoms with van der Waals surface area (Å²) in [6, 6.07) is 49.2. The van der Waals surface area contributed by atoms with Crippen LogP contribution >= 0.6 is 59.4 Å². The summed E-state index contributed by atoms with van der Waals surface area (Å²) in [7, 11) is 2.72. The SMILES string of the molecule is C.C.C.C.C.CCn1ccc(-c2cc(Br)ccc2O)n1.CCn1ccc(-c2cc(Br)ccc2OC(C(=O)O)c2ccccc2)n1.CCn1ccc(-c2cc(Cl)ccc2OC(C(=O)OC)c2ccccc2)n1.COC(=O)C(Br)c1ccccc1.O=CO[O-].[H-].[K+].[K+]. The smallest absolute Gasteiger partial charge is 1.00 e. The Morgan fingerprint density at radius 3 is 1.31 bits per heavy atom. The average molecular weight is 1490 g/mol. The van der Waals surface area contributed by atoms with Gasteiger partial charge in [0.15, 0.2) is 0 Å². The van der Waals surface area contributed by atoms with E-state index < -0.39 is 24.1 Å². The molecule has 6 aromatic carbocycles. The fraction of sp³-hybridized carbons (Fsp3) is 0.246. The van der Waals surface area contributed by atoms with Crippen molar-refractivity contribution in [3.05, 3.63) is 213 Å². The van der Waals surface area contributed by atoms with Crippen molar-refractivity contribution in [3.63, 3.8) is 0 Å². The third kappa shape index (κ3) is 27.9. The number of aromatic hydroxyl groups is 1. The molecule has 9 aromatic rings. The van der Waals surface area contributed by atoms with E-state index in [-0.39, 0.29) is 164 Å². The molecule has 3 aromatic heterocycles. The molecular formula is C65H78Br3ClK2N6O12. The molecule has 24 heteroatoms. The summed E-state index contributed by atoms with van der Waals surface area (Å²) in [5.74, 6) is -0.563. The Morgan fingerprint density at radius 2 is 0.921 bits per heavy atom. The summed E-state index contributed by atoms with van der Waals surface area (Å²) in [4.78, 5) is 45.9. The standard InChI is InChI=1S/C20H19ClN2O3.C19H17BrN2O3.C11H11BrN2O.C9H9BrO2.CH2O3.5CH4.2K.H/c1-3-23-12-11-17(22-23)16-13-15(21)9-10-18(16)26-19(20(24)25-2)14-7-5-4-6-8-14;1-2-22-11-10-16(21-22)15-12-14(20)8-9-17(15)25-18(19(23)24)13-6-4-3-5-7-13;1-2-14-6-5-10(13-14)9-7-8(12)3-4-11(9)15;1-12-9(11)8(10)7-5-3-2-4-6-7;2-1-4-3;;;;;;;;/h4-13,19H,3H2,1-2H3;3-12,18H,2H2,1H3,(H,23,24);3-7,15H,2H2,1H3;2-6,8H,1H3;1,3H;5*1H4;;;/q;;;;;;;;;;2*+1;-1/p-1. The van der Waals surface area contributed by atoms with Crippen LogP contribution in [0.2, 0.25) is 5.02 Å². The van der Waals surface area contributed by atoms with E-state index in [1.165, 1.54) is 14.2 Å². The number of nitrogens with zero attached hydrogens (tertiary/aromatic N) is 6. The van der Waals surface area contributed by atoms with Crippen molar-refractivity contribution in [1.82, 2.24) is 29.3 Å². The van der Waals surface area contributed by atoms with E-state index in [9.17, 15) is 24.6 Å². The molecule has 0 aliphatic heterocycles. The number of aryl methyl sites for hydroxylation is 3. The van der Waals surface area contributed by atoms with Crippen molar-refractivity contribution in [1.29, 1.82) is 0 Å². The summed E-state index contributed by atoms with van der Waals surface area (Å²) in [5.41, 5.74) is 6.65. The molecule has 3 heterocycles. The molecule has 0 bridgehead atoms. The number of carbonyl (C=O) groups is 4. The monoisotopic (exact) mass is 1480 g/mol. The number of aliphatic carboxylic acids is 1. The van der Waals surface area contributed by atoms with Gasteiger partial charge in [0.1, 0.15) is 22.1 Å². The van der Waals surface area contributed by atoms with Gasteiger partial charge in [-0.2, -0.15) is 15.3 Å². The number of halogens is 4. The van der Waals surface area contributed by atoms with Crippen LogP contribution in [0.1, 0.15) is 93.1 Å². The van der Waals surface area contributed by atoms with Crippen molar-refractivity contribution >= 4 is 83.8 Å². The van der Waals surface area contributed by atoms with Gasteiger partial charge in [0.25, 0.3) is 6.47 Å². The van der Waals surface area contributed by atoms with Gasteiger partial charge in [-0.1, -0.05) is 188 Å². The van der Waals surface area contributed by atoms with Gasteiger partial charge in [0.05, 0.1) is 31.3 Å². The second-order valence-corrected chi connectivity index (χ2v) is 20.0. The molecule has 470 valence electrons.